The van der Waals surface area contributed by atoms with E-state index in [4.69, 9.17) is 0 Å². The Kier molecular flexibility index (Phi) is 5.58. The van der Waals surface area contributed by atoms with Crippen LogP contribution in [0.5, 0.6) is 5.75 Å². The van der Waals surface area contributed by atoms with E-state index in [1.165, 1.54) is 10.9 Å². The van der Waals surface area contributed by atoms with Crippen molar-refractivity contribution < 1.29 is 23.1 Å². The minimum absolute atomic E-state index is 0.397. The monoisotopic (exact) mass is 501 g/mol. The summed E-state index contributed by atoms with van der Waals surface area (Å²) in [5, 5.41) is 12.1. The number of hydrogen-bond donors (Lipinski definition) is 1. The number of pyridine rings is 1. The predicted octanol–water partition coefficient (Wildman–Crippen LogP) is 4.56. The highest BCUT2D eigenvalue weighted by molar-refractivity contribution is 7.98. The molecule has 182 valence electrons. The lowest BCUT2D eigenvalue weighted by atomic mass is 9.93. The van der Waals surface area contributed by atoms with Gasteiger partial charge in [0.15, 0.2) is 11.4 Å². The molecule has 0 spiro atoms. The fraction of sp³-hybridized carbons (Fsp3) is 0.280. The first kappa shape index (κ1) is 23.3. The van der Waals surface area contributed by atoms with Crippen LogP contribution in [0.15, 0.2) is 64.4 Å². The number of aryl methyl sites for hydroxylation is 1. The van der Waals surface area contributed by atoms with Crippen LogP contribution < -0.4 is 10.4 Å². The van der Waals surface area contributed by atoms with Gasteiger partial charge >= 0.3 is 6.18 Å². The third-order valence-corrected chi connectivity index (χ3v) is 7.65. The summed E-state index contributed by atoms with van der Waals surface area (Å²) in [7, 11) is 0. The number of hydrogen-bond acceptors (Lipinski definition) is 5. The molecular formula is C25H22F3N3O3S. The summed E-state index contributed by atoms with van der Waals surface area (Å²) in [5.74, 6) is -1.26. The van der Waals surface area contributed by atoms with Crippen molar-refractivity contribution in [3.63, 3.8) is 0 Å². The zero-order valence-corrected chi connectivity index (χ0v) is 19.7. The van der Waals surface area contributed by atoms with Crippen LogP contribution in [-0.4, -0.2) is 39.5 Å². The summed E-state index contributed by atoms with van der Waals surface area (Å²) >= 11 is 1.64. The predicted molar refractivity (Wildman–Crippen MR) is 126 cm³/mol. The van der Waals surface area contributed by atoms with Gasteiger partial charge in [0.2, 0.25) is 5.43 Å². The lowest BCUT2D eigenvalue weighted by Gasteiger charge is -2.46. The Hall–Kier alpha value is -3.40. The first-order chi connectivity index (χ1) is 16.6. The van der Waals surface area contributed by atoms with Gasteiger partial charge in [-0.1, -0.05) is 36.4 Å². The summed E-state index contributed by atoms with van der Waals surface area (Å²) in [6, 6.07) is 12.0. The van der Waals surface area contributed by atoms with Crippen molar-refractivity contribution in [3.8, 4) is 5.75 Å². The Morgan fingerprint density at radius 2 is 1.83 bits per heavy atom. The van der Waals surface area contributed by atoms with Crippen molar-refractivity contribution in [2.45, 2.75) is 42.8 Å². The van der Waals surface area contributed by atoms with Crippen molar-refractivity contribution in [1.82, 2.24) is 9.58 Å². The molecule has 0 saturated carbocycles. The second-order valence-corrected chi connectivity index (χ2v) is 9.74. The van der Waals surface area contributed by atoms with Gasteiger partial charge in [-0.2, -0.15) is 13.2 Å². The molecule has 0 aliphatic carbocycles. The minimum Gasteiger partial charge on any atom is -0.502 e. The van der Waals surface area contributed by atoms with Crippen molar-refractivity contribution in [3.05, 3.63) is 92.9 Å². The lowest BCUT2D eigenvalue weighted by Crippen LogP contribution is -2.60. The molecule has 0 saturated heterocycles. The summed E-state index contributed by atoms with van der Waals surface area (Å²) in [5.41, 5.74) is 2.48. The Morgan fingerprint density at radius 3 is 2.57 bits per heavy atom. The highest BCUT2D eigenvalue weighted by Crippen LogP contribution is 2.43. The number of carbonyl (C=O) groups is 1. The van der Waals surface area contributed by atoms with Gasteiger partial charge in [0.05, 0.1) is 6.04 Å². The summed E-state index contributed by atoms with van der Waals surface area (Å²) < 4.78 is 42.6. The number of thioether (sulfide) groups is 1. The molecule has 2 aliphatic heterocycles. The molecule has 5 rings (SSSR count). The van der Waals surface area contributed by atoms with Crippen molar-refractivity contribution in [1.29, 1.82) is 0 Å². The van der Waals surface area contributed by atoms with Gasteiger partial charge < -0.3 is 10.0 Å². The van der Waals surface area contributed by atoms with Gasteiger partial charge in [0.25, 0.3) is 5.91 Å². The molecule has 0 bridgehead atoms. The molecule has 0 fully saturated rings. The van der Waals surface area contributed by atoms with E-state index in [9.17, 15) is 27.9 Å². The molecule has 3 aromatic rings. The number of fused-ring (bicyclic) bond motifs is 3. The number of rotatable bonds is 2. The second kappa shape index (κ2) is 8.37. The van der Waals surface area contributed by atoms with E-state index in [0.29, 0.717) is 10.7 Å². The SMILES string of the molecule is Cc1ccc2c(c1)SCc1ccccc1[C@@H]2N1CN([C@H](C)C(F)(F)F)C(=O)c2c(O)c(=O)ccn21. The van der Waals surface area contributed by atoms with E-state index in [1.807, 2.05) is 49.4 Å². The molecule has 1 N–H and O–H groups in total. The number of nitrogens with zero attached hydrogens (tertiary/aromatic N) is 3. The number of halogens is 3. The maximum Gasteiger partial charge on any atom is 0.408 e. The van der Waals surface area contributed by atoms with Gasteiger partial charge in [0.1, 0.15) is 12.7 Å². The first-order valence-electron chi connectivity index (χ1n) is 11.0. The number of benzene rings is 2. The van der Waals surface area contributed by atoms with Gasteiger partial charge in [-0.3, -0.25) is 19.3 Å². The van der Waals surface area contributed by atoms with Crippen LogP contribution in [0.1, 0.15) is 45.7 Å². The quantitative estimate of drug-likeness (QED) is 0.558. The van der Waals surface area contributed by atoms with E-state index >= 15 is 0 Å². The molecule has 10 heteroatoms. The Labute approximate surface area is 203 Å². The van der Waals surface area contributed by atoms with E-state index in [1.54, 1.807) is 16.8 Å². The van der Waals surface area contributed by atoms with Crippen LogP contribution in [0.3, 0.4) is 0 Å². The van der Waals surface area contributed by atoms with Crippen LogP contribution in [0, 0.1) is 6.92 Å². The third kappa shape index (κ3) is 3.85. The summed E-state index contributed by atoms with van der Waals surface area (Å²) in [6.07, 6.45) is -3.36. The molecule has 0 radical (unpaired) electrons. The van der Waals surface area contributed by atoms with Crippen LogP contribution in [0.25, 0.3) is 0 Å². The summed E-state index contributed by atoms with van der Waals surface area (Å²) in [6.45, 7) is 2.47. The highest BCUT2D eigenvalue weighted by atomic mass is 32.2. The van der Waals surface area contributed by atoms with E-state index in [-0.39, 0.29) is 0 Å². The van der Waals surface area contributed by atoms with Crippen molar-refractivity contribution >= 4 is 17.7 Å². The van der Waals surface area contributed by atoms with Gasteiger partial charge in [-0.15, -0.1) is 11.8 Å². The van der Waals surface area contributed by atoms with Gasteiger partial charge in [0, 0.05) is 22.9 Å². The maximum atomic E-state index is 13.8. The molecule has 35 heavy (non-hydrogen) atoms. The maximum absolute atomic E-state index is 13.8. The molecule has 1 amide bonds. The standard InChI is InChI=1S/C25H22F3N3O3S/c1-14-7-8-18-20(11-14)35-12-16-5-3-4-6-17(16)21(18)31-13-29(15(2)25(26,27)28)24(34)22-23(33)19(32)9-10-30(22)31/h3-11,15,21,33H,12-13H2,1-2H3/t15-,21+/m1/s1. The zero-order valence-electron chi connectivity index (χ0n) is 18.9. The molecule has 2 aromatic carbocycles. The Balaban J connectivity index is 1.78. The lowest BCUT2D eigenvalue weighted by molar-refractivity contribution is -0.173. The largest absolute Gasteiger partial charge is 0.502 e. The molecular weight excluding hydrogens is 479 g/mol. The molecule has 6 nitrogen and oxygen atoms in total. The van der Waals surface area contributed by atoms with E-state index < -0.39 is 47.7 Å². The minimum atomic E-state index is -4.69. The van der Waals surface area contributed by atoms with Crippen LogP contribution >= 0.6 is 11.8 Å². The fourth-order valence-electron chi connectivity index (χ4n) is 4.60. The zero-order chi connectivity index (χ0) is 25.1. The molecule has 2 aliphatic rings. The van der Waals surface area contributed by atoms with Crippen molar-refractivity contribution in [2.75, 3.05) is 11.7 Å². The number of aromatic nitrogens is 1. The number of alkyl halides is 3. The fourth-order valence-corrected chi connectivity index (χ4v) is 5.79. The second-order valence-electron chi connectivity index (χ2n) is 8.73. The highest BCUT2D eigenvalue weighted by Gasteiger charge is 2.47. The van der Waals surface area contributed by atoms with Crippen LogP contribution in [0.2, 0.25) is 0 Å². The van der Waals surface area contributed by atoms with Gasteiger partial charge in [-0.05, 0) is 42.2 Å². The smallest absolute Gasteiger partial charge is 0.408 e. The Bertz CT molecular complexity index is 1390. The average Bonchev–Trinajstić information content (AvgIpc) is 2.97. The molecule has 2 atom stereocenters. The molecule has 3 heterocycles. The van der Waals surface area contributed by atoms with Crippen LogP contribution in [0.4, 0.5) is 13.2 Å². The first-order valence-corrected chi connectivity index (χ1v) is 12.0. The molecule has 0 unspecified atom stereocenters. The third-order valence-electron chi connectivity index (χ3n) is 6.53. The average molecular weight is 502 g/mol. The van der Waals surface area contributed by atoms with Gasteiger partial charge in [-0.25, -0.2) is 0 Å². The topological polar surface area (TPSA) is 65.8 Å². The van der Waals surface area contributed by atoms with Crippen molar-refractivity contribution in [2.24, 2.45) is 0 Å². The number of aromatic hydroxyl groups is 1. The normalized spacial score (nSPS) is 18.4. The Morgan fingerprint density at radius 1 is 1.09 bits per heavy atom. The number of carbonyl (C=O) groups excluding carboxylic acids is 1. The molecule has 1 aromatic heterocycles. The summed E-state index contributed by atoms with van der Waals surface area (Å²) in [4.78, 5) is 27.0. The van der Waals surface area contributed by atoms with Crippen LogP contribution in [-0.2, 0) is 5.75 Å². The van der Waals surface area contributed by atoms with E-state index in [2.05, 4.69) is 0 Å². The van der Waals surface area contributed by atoms with E-state index in [0.717, 1.165) is 40.1 Å². The number of amides is 1.